The van der Waals surface area contributed by atoms with Gasteiger partial charge in [0, 0.05) is 17.8 Å². The molecule has 0 saturated carbocycles. The van der Waals surface area contributed by atoms with Crippen LogP contribution in [0.3, 0.4) is 0 Å². The van der Waals surface area contributed by atoms with E-state index in [1.165, 1.54) is 19.5 Å². The first kappa shape index (κ1) is 30.8. The van der Waals surface area contributed by atoms with E-state index < -0.39 is 35.3 Å². The Morgan fingerprint density at radius 2 is 1.55 bits per heavy atom. The molecule has 0 aliphatic heterocycles. The molecule has 2 N–H and O–H groups in total. The smallest absolute Gasteiger partial charge is 0.435 e. The van der Waals surface area contributed by atoms with Gasteiger partial charge in [-0.3, -0.25) is 0 Å². The van der Waals surface area contributed by atoms with Crippen molar-refractivity contribution < 1.29 is 40.6 Å². The third-order valence-electron chi connectivity index (χ3n) is 6.49. The van der Waals surface area contributed by atoms with Crippen molar-refractivity contribution in [2.24, 2.45) is 0 Å². The van der Waals surface area contributed by atoms with E-state index in [-0.39, 0.29) is 17.4 Å². The zero-order chi connectivity index (χ0) is 33.3. The molecule has 0 radical (unpaired) electrons. The summed E-state index contributed by atoms with van der Waals surface area (Å²) in [5.74, 6) is 0.804. The van der Waals surface area contributed by atoms with Gasteiger partial charge in [0.25, 0.3) is 0 Å². The number of benzene rings is 2. The maximum atomic E-state index is 13.4. The molecule has 4 aromatic heterocycles. The van der Waals surface area contributed by atoms with Crippen LogP contribution in [0.1, 0.15) is 11.3 Å². The number of carbonyl (C=O) groups is 1. The number of halogens is 6. The molecule has 0 aliphatic carbocycles. The van der Waals surface area contributed by atoms with Crippen molar-refractivity contribution >= 4 is 23.1 Å². The molecule has 240 valence electrons. The summed E-state index contributed by atoms with van der Waals surface area (Å²) in [6, 6.07) is 12.0. The van der Waals surface area contributed by atoms with Gasteiger partial charge in [-0.25, -0.2) is 28.9 Å². The van der Waals surface area contributed by atoms with Crippen LogP contribution >= 0.6 is 0 Å². The molecule has 4 heterocycles. The fraction of sp³-hybridized carbons (Fsp3) is 0.103. The minimum Gasteiger partial charge on any atom is -0.480 e. The number of amides is 2. The van der Waals surface area contributed by atoms with Crippen molar-refractivity contribution in [3.8, 4) is 34.6 Å². The van der Waals surface area contributed by atoms with E-state index in [0.29, 0.717) is 45.9 Å². The summed E-state index contributed by atoms with van der Waals surface area (Å²) in [5.41, 5.74) is -0.957. The quantitative estimate of drug-likeness (QED) is 0.178. The highest BCUT2D eigenvalue weighted by Gasteiger charge is 2.34. The van der Waals surface area contributed by atoms with E-state index in [4.69, 9.17) is 9.47 Å². The predicted molar refractivity (Wildman–Crippen MR) is 153 cm³/mol. The maximum absolute atomic E-state index is 13.4. The number of fused-ring (bicyclic) bond motifs is 1. The Morgan fingerprint density at radius 1 is 0.809 bits per heavy atom. The molecule has 6 rings (SSSR count). The number of carbonyl (C=O) groups excluding carboxylic acids is 1. The van der Waals surface area contributed by atoms with Crippen LogP contribution in [0.2, 0.25) is 0 Å². The molecular weight excluding hydrogens is 636 g/mol. The first-order valence-electron chi connectivity index (χ1n) is 13.3. The summed E-state index contributed by atoms with van der Waals surface area (Å²) in [6.45, 7) is 0. The van der Waals surface area contributed by atoms with Crippen LogP contribution in [-0.4, -0.2) is 47.5 Å². The van der Waals surface area contributed by atoms with Crippen LogP contribution in [0.25, 0.3) is 22.6 Å². The van der Waals surface area contributed by atoms with E-state index in [2.05, 4.69) is 35.8 Å². The molecule has 0 fully saturated rings. The SMILES string of the molecule is COc1ccc2ncc(-c3ccc(Oc4ncc(NC(=O)Nc5cc(C(F)(F)F)ccc5-n5ccc(C(F)(F)F)n5)cn4)cc3)n2n1. The van der Waals surface area contributed by atoms with Gasteiger partial charge in [-0.05, 0) is 54.6 Å². The summed E-state index contributed by atoms with van der Waals surface area (Å²) in [5, 5.41) is 12.3. The second-order valence-electron chi connectivity index (χ2n) is 9.62. The van der Waals surface area contributed by atoms with E-state index in [1.807, 2.05) is 0 Å². The zero-order valence-corrected chi connectivity index (χ0v) is 23.7. The number of nitrogens with one attached hydrogen (secondary N) is 2. The molecule has 12 nitrogen and oxygen atoms in total. The Bertz CT molecular complexity index is 2060. The largest absolute Gasteiger partial charge is 0.480 e. The summed E-state index contributed by atoms with van der Waals surface area (Å²) < 4.78 is 92.4. The van der Waals surface area contributed by atoms with Gasteiger partial charge >= 0.3 is 24.4 Å². The van der Waals surface area contributed by atoms with Gasteiger partial charge < -0.3 is 20.1 Å². The highest BCUT2D eigenvalue weighted by atomic mass is 19.4. The van der Waals surface area contributed by atoms with Crippen molar-refractivity contribution in [1.29, 1.82) is 0 Å². The van der Waals surface area contributed by atoms with Crippen molar-refractivity contribution in [2.45, 2.75) is 12.4 Å². The lowest BCUT2D eigenvalue weighted by molar-refractivity contribution is -0.141. The summed E-state index contributed by atoms with van der Waals surface area (Å²) in [4.78, 5) is 25.1. The monoisotopic (exact) mass is 655 g/mol. The molecular formula is C29H19F6N9O3. The number of hydrogen-bond donors (Lipinski definition) is 2. The normalized spacial score (nSPS) is 11.8. The number of aromatic nitrogens is 7. The third kappa shape index (κ3) is 6.75. The number of rotatable bonds is 7. The first-order chi connectivity index (χ1) is 22.4. The highest BCUT2D eigenvalue weighted by Crippen LogP contribution is 2.34. The average Bonchev–Trinajstić information content (AvgIpc) is 3.70. The molecule has 18 heteroatoms. The molecule has 6 aromatic rings. The fourth-order valence-electron chi connectivity index (χ4n) is 4.30. The standard InChI is InChI=1S/C29H19F6N9O3/c1-46-25-9-8-24-36-15-22(44(24)42-25)16-2-5-19(6-3-16)47-27-37-13-18(14-38-27)39-26(45)40-20-12-17(28(30,31)32)4-7-21(20)43-11-10-23(41-43)29(33,34)35/h2-15H,1H3,(H2,39,40,45). The maximum Gasteiger partial charge on any atom is 0.435 e. The van der Waals surface area contributed by atoms with Crippen LogP contribution in [0, 0.1) is 0 Å². The van der Waals surface area contributed by atoms with Crippen LogP contribution in [0.4, 0.5) is 42.5 Å². The Morgan fingerprint density at radius 3 is 2.21 bits per heavy atom. The molecule has 0 unspecified atom stereocenters. The van der Waals surface area contributed by atoms with Crippen LogP contribution in [0.15, 0.2) is 85.5 Å². The second kappa shape index (κ2) is 12.0. The lowest BCUT2D eigenvalue weighted by atomic mass is 10.1. The molecule has 0 aliphatic rings. The summed E-state index contributed by atoms with van der Waals surface area (Å²) in [7, 11) is 1.51. The van der Waals surface area contributed by atoms with Gasteiger partial charge in [-0.15, -0.1) is 5.10 Å². The van der Waals surface area contributed by atoms with E-state index in [0.717, 1.165) is 17.8 Å². The molecule has 47 heavy (non-hydrogen) atoms. The topological polar surface area (TPSA) is 133 Å². The molecule has 0 spiro atoms. The van der Waals surface area contributed by atoms with Crippen molar-refractivity contribution in [3.63, 3.8) is 0 Å². The number of alkyl halides is 6. The minimum absolute atomic E-state index is 0.0349. The van der Waals surface area contributed by atoms with Crippen LogP contribution in [-0.2, 0) is 12.4 Å². The van der Waals surface area contributed by atoms with E-state index in [9.17, 15) is 31.1 Å². The number of imidazole rings is 1. The van der Waals surface area contributed by atoms with E-state index in [1.54, 1.807) is 47.1 Å². The number of methoxy groups -OCH3 is 1. The second-order valence-corrected chi connectivity index (χ2v) is 9.62. The summed E-state index contributed by atoms with van der Waals surface area (Å²) in [6.07, 6.45) is -4.64. The Balaban J connectivity index is 1.13. The van der Waals surface area contributed by atoms with Crippen molar-refractivity contribution in [1.82, 2.24) is 34.3 Å². The molecule has 0 bridgehead atoms. The predicted octanol–water partition coefficient (Wildman–Crippen LogP) is 6.85. The molecule has 2 amide bonds. The zero-order valence-electron chi connectivity index (χ0n) is 23.7. The highest BCUT2D eigenvalue weighted by molar-refractivity contribution is 6.00. The first-order valence-corrected chi connectivity index (χ1v) is 13.3. The van der Waals surface area contributed by atoms with Gasteiger partial charge in [0.15, 0.2) is 11.3 Å². The number of nitrogens with zero attached hydrogens (tertiary/aromatic N) is 7. The number of urea groups is 1. The molecule has 0 atom stereocenters. The average molecular weight is 656 g/mol. The van der Waals surface area contributed by atoms with Crippen molar-refractivity contribution in [3.05, 3.63) is 96.7 Å². The van der Waals surface area contributed by atoms with Crippen molar-refractivity contribution in [2.75, 3.05) is 17.7 Å². The van der Waals surface area contributed by atoms with Gasteiger partial charge in [0.2, 0.25) is 5.88 Å². The Hall–Kier alpha value is -6.20. The summed E-state index contributed by atoms with van der Waals surface area (Å²) >= 11 is 0. The van der Waals surface area contributed by atoms with Gasteiger partial charge in [0.05, 0.1) is 54.0 Å². The van der Waals surface area contributed by atoms with Gasteiger partial charge in [-0.2, -0.15) is 31.4 Å². The van der Waals surface area contributed by atoms with Crippen LogP contribution < -0.4 is 20.1 Å². The molecule has 2 aromatic carbocycles. The van der Waals surface area contributed by atoms with Gasteiger partial charge in [0.1, 0.15) is 5.75 Å². The number of hydrogen-bond acceptors (Lipinski definition) is 8. The number of anilines is 2. The Labute approximate surface area is 259 Å². The lowest BCUT2D eigenvalue weighted by Crippen LogP contribution is -2.21. The Kier molecular flexibility index (Phi) is 7.84. The van der Waals surface area contributed by atoms with Gasteiger partial charge in [-0.1, -0.05) is 0 Å². The molecule has 0 saturated heterocycles. The van der Waals surface area contributed by atoms with E-state index >= 15 is 0 Å². The third-order valence-corrected chi connectivity index (χ3v) is 6.49. The van der Waals surface area contributed by atoms with Crippen LogP contribution in [0.5, 0.6) is 17.6 Å². The number of ether oxygens (including phenoxy) is 2. The lowest BCUT2D eigenvalue weighted by Gasteiger charge is -2.15. The minimum atomic E-state index is -4.80. The fourth-order valence-corrected chi connectivity index (χ4v) is 4.30.